The van der Waals surface area contributed by atoms with Gasteiger partial charge in [0.15, 0.2) is 0 Å². The van der Waals surface area contributed by atoms with Crippen LogP contribution >= 0.6 is 0 Å². The molecule has 8 aromatic carbocycles. The van der Waals surface area contributed by atoms with Crippen LogP contribution in [-0.4, -0.2) is 32.3 Å². The van der Waals surface area contributed by atoms with Gasteiger partial charge >= 0.3 is 0 Å². The quantitative estimate of drug-likeness (QED) is 0.0495. The van der Waals surface area contributed by atoms with Crippen molar-refractivity contribution in [3.8, 4) is 45.9 Å². The SMILES string of the molecule is CC(C)[Si](C#Cc1c2ccccc2c2ccc3c(C#C[Si](C(C)C)(C(C)C)C(C)C)c4c(C#C[Si](C(C)C)(C(C)C)C(C)C)c5ccccc5c5ccc6c(C#C[Si](C(C)C)(C(C)C)C(C)C)c1c2c3c6c45)(C(C)C)C(C)C. The molecule has 0 atom stereocenters. The molecule has 0 aromatic heterocycles. The van der Waals surface area contributed by atoms with Crippen LogP contribution in [0, 0.1) is 45.9 Å². The smallest absolute Gasteiger partial charge is 0.125 e. The molecule has 408 valence electrons. The normalized spacial score (nSPS) is 13.3. The van der Waals surface area contributed by atoms with Crippen molar-refractivity contribution in [3.05, 3.63) is 95.1 Å². The van der Waals surface area contributed by atoms with Crippen molar-refractivity contribution in [2.75, 3.05) is 0 Å². The molecule has 0 aliphatic rings. The molecule has 0 aliphatic carbocycles. The van der Waals surface area contributed by atoms with E-state index >= 15 is 0 Å². The van der Waals surface area contributed by atoms with Crippen LogP contribution < -0.4 is 0 Å². The van der Waals surface area contributed by atoms with Crippen molar-refractivity contribution in [1.29, 1.82) is 0 Å². The minimum absolute atomic E-state index is 0.486. The molecule has 0 aliphatic heterocycles. The fraction of sp³-hybridized carbons (Fsp3) is 0.486. The van der Waals surface area contributed by atoms with Gasteiger partial charge in [0.25, 0.3) is 0 Å². The number of hydrogen-bond donors (Lipinski definition) is 0. The molecule has 0 saturated heterocycles. The second kappa shape index (κ2) is 21.9. The highest BCUT2D eigenvalue weighted by atomic mass is 28.3. The predicted molar refractivity (Wildman–Crippen MR) is 363 cm³/mol. The van der Waals surface area contributed by atoms with Gasteiger partial charge in [-0.25, -0.2) is 0 Å². The van der Waals surface area contributed by atoms with Crippen molar-refractivity contribution < 1.29 is 0 Å². The van der Waals surface area contributed by atoms with Crippen LogP contribution in [0.15, 0.2) is 72.8 Å². The molecule has 8 aromatic rings. The molecule has 0 amide bonds. The maximum Gasteiger partial charge on any atom is 0.146 e. The summed E-state index contributed by atoms with van der Waals surface area (Å²) in [5.74, 6) is 17.0. The lowest BCUT2D eigenvalue weighted by Gasteiger charge is -2.38. The Kier molecular flexibility index (Phi) is 16.7. The number of rotatable bonds is 12. The zero-order valence-corrected chi connectivity index (χ0v) is 56.9. The summed E-state index contributed by atoms with van der Waals surface area (Å²) in [6.45, 7) is 58.8. The molecule has 0 heterocycles. The summed E-state index contributed by atoms with van der Waals surface area (Å²) < 4.78 is 0. The minimum Gasteiger partial charge on any atom is -0.125 e. The zero-order valence-electron chi connectivity index (χ0n) is 52.9. The lowest BCUT2D eigenvalue weighted by atomic mass is 9.78. The van der Waals surface area contributed by atoms with Gasteiger partial charge in [-0.2, -0.15) is 0 Å². The lowest BCUT2D eigenvalue weighted by Crippen LogP contribution is -2.43. The fourth-order valence-corrected chi connectivity index (χ4v) is 38.0. The molecule has 4 heteroatoms. The van der Waals surface area contributed by atoms with E-state index in [1.54, 1.807) is 0 Å². The van der Waals surface area contributed by atoms with Gasteiger partial charge in [0, 0.05) is 54.6 Å². The van der Waals surface area contributed by atoms with Crippen molar-refractivity contribution in [1.82, 2.24) is 0 Å². The van der Waals surface area contributed by atoms with Crippen LogP contribution in [0.25, 0.3) is 75.4 Å². The van der Waals surface area contributed by atoms with Crippen molar-refractivity contribution >= 4 is 108 Å². The maximum absolute atomic E-state index is 4.35. The molecule has 8 rings (SSSR count). The topological polar surface area (TPSA) is 0 Å². The van der Waals surface area contributed by atoms with E-state index in [1.165, 1.54) is 75.4 Å². The van der Waals surface area contributed by atoms with Crippen molar-refractivity contribution in [2.24, 2.45) is 0 Å². The summed E-state index contributed by atoms with van der Waals surface area (Å²) >= 11 is 0. The van der Waals surface area contributed by atoms with Gasteiger partial charge in [0.2, 0.25) is 0 Å². The van der Waals surface area contributed by atoms with E-state index in [0.29, 0.717) is 66.5 Å². The number of fused-ring (bicyclic) bond motifs is 4. The molecule has 0 fully saturated rings. The molecule has 0 unspecified atom stereocenters. The van der Waals surface area contributed by atoms with Crippen LogP contribution in [-0.2, 0) is 0 Å². The van der Waals surface area contributed by atoms with Crippen LogP contribution in [0.5, 0.6) is 0 Å². The standard InChI is InChI=1S/C74H96Si4/c1-45(2)75(46(3)4,47(5)6)41-37-65-59-31-27-25-29-57(59)61-33-36-64-68(40-44-78(54(19)20,55(21)22)56(23)24)70-66(38-42-76(48(7)8,49(9)10)50(11)12)60-32-28-26-30-58(60)62-34-35-63-67(69(65)71(61)73(64)74(63)72(62)70)39-43-77(51(13)14,52(15)16)53(17)18/h25-36,45-56H,1-24H3. The Morgan fingerprint density at radius 2 is 0.385 bits per heavy atom. The van der Waals surface area contributed by atoms with Crippen molar-refractivity contribution in [3.63, 3.8) is 0 Å². The molecular weight excluding hydrogens is 1000 g/mol. The average Bonchev–Trinajstić information content (AvgIpc) is 3.21. The Bertz CT molecular complexity index is 3480. The van der Waals surface area contributed by atoms with E-state index in [0.717, 1.165) is 22.3 Å². The second-order valence-corrected chi connectivity index (χ2v) is 50.1. The summed E-state index contributed by atoms with van der Waals surface area (Å²) in [6, 6.07) is 28.3. The van der Waals surface area contributed by atoms with Crippen molar-refractivity contribution in [2.45, 2.75) is 233 Å². The van der Waals surface area contributed by atoms with E-state index in [9.17, 15) is 0 Å². The first-order valence-electron chi connectivity index (χ1n) is 30.5. The highest BCUT2D eigenvalue weighted by Gasteiger charge is 2.45. The summed E-state index contributed by atoms with van der Waals surface area (Å²) in [4.78, 5) is 0. The first-order chi connectivity index (χ1) is 36.6. The van der Waals surface area contributed by atoms with Crippen LogP contribution in [0.3, 0.4) is 0 Å². The minimum atomic E-state index is -2.24. The molecule has 78 heavy (non-hydrogen) atoms. The fourth-order valence-electron chi connectivity index (χ4n) is 17.2. The first kappa shape index (κ1) is 59.3. The second-order valence-electron chi connectivity index (χ2n) is 27.8. The lowest BCUT2D eigenvalue weighted by molar-refractivity contribution is 0.838. The van der Waals surface area contributed by atoms with Gasteiger partial charge < -0.3 is 0 Å². The zero-order chi connectivity index (χ0) is 57.5. The first-order valence-corrected chi connectivity index (χ1v) is 39.5. The Hall–Kier alpha value is -4.79. The molecule has 0 bridgehead atoms. The molecular formula is C74H96Si4. The van der Waals surface area contributed by atoms with Crippen LogP contribution in [0.1, 0.15) is 188 Å². The van der Waals surface area contributed by atoms with Gasteiger partial charge in [0.05, 0.1) is 0 Å². The van der Waals surface area contributed by atoms with Gasteiger partial charge in [-0.3, -0.25) is 0 Å². The van der Waals surface area contributed by atoms with E-state index in [1.807, 2.05) is 0 Å². The van der Waals surface area contributed by atoms with Crippen LogP contribution in [0.4, 0.5) is 0 Å². The van der Waals surface area contributed by atoms with E-state index in [-0.39, 0.29) is 0 Å². The summed E-state index contributed by atoms with van der Waals surface area (Å²) in [5, 5.41) is 17.7. The van der Waals surface area contributed by atoms with Gasteiger partial charge in [-0.05, 0) is 110 Å². The van der Waals surface area contributed by atoms with E-state index in [4.69, 9.17) is 0 Å². The third-order valence-corrected chi connectivity index (χ3v) is 45.9. The average molecular weight is 1100 g/mol. The predicted octanol–water partition coefficient (Wildman–Crippen LogP) is 22.9. The summed E-state index contributed by atoms with van der Waals surface area (Å²) in [6.07, 6.45) is 0. The third-order valence-electron chi connectivity index (χ3n) is 20.8. The van der Waals surface area contributed by atoms with Gasteiger partial charge in [-0.15, -0.1) is 22.2 Å². The molecule has 0 N–H and O–H groups in total. The van der Waals surface area contributed by atoms with Crippen LogP contribution in [0.2, 0.25) is 66.5 Å². The number of benzene rings is 8. The highest BCUT2D eigenvalue weighted by Crippen LogP contribution is 2.53. The van der Waals surface area contributed by atoms with E-state index in [2.05, 4.69) is 285 Å². The Balaban J connectivity index is 1.81. The molecule has 0 spiro atoms. The largest absolute Gasteiger partial charge is 0.146 e. The third kappa shape index (κ3) is 8.84. The monoisotopic (exact) mass is 1100 g/mol. The number of hydrogen-bond acceptors (Lipinski definition) is 0. The molecule has 0 nitrogen and oxygen atoms in total. The summed E-state index contributed by atoms with van der Waals surface area (Å²) in [5.41, 5.74) is 27.8. The highest BCUT2D eigenvalue weighted by molar-refractivity contribution is 6.92. The molecule has 0 saturated carbocycles. The Morgan fingerprint density at radius 3 is 0.603 bits per heavy atom. The van der Waals surface area contributed by atoms with E-state index < -0.39 is 32.3 Å². The van der Waals surface area contributed by atoms with Gasteiger partial charge in [-0.1, -0.05) is 263 Å². The summed E-state index contributed by atoms with van der Waals surface area (Å²) in [7, 11) is -8.86. The Labute approximate surface area is 478 Å². The maximum atomic E-state index is 4.35. The Morgan fingerprint density at radius 1 is 0.205 bits per heavy atom. The van der Waals surface area contributed by atoms with Gasteiger partial charge in [0.1, 0.15) is 32.3 Å². The molecule has 0 radical (unpaired) electrons.